The summed E-state index contributed by atoms with van der Waals surface area (Å²) < 4.78 is 12.0. The summed E-state index contributed by atoms with van der Waals surface area (Å²) in [5.41, 5.74) is 1.37. The fourth-order valence-electron chi connectivity index (χ4n) is 2.37. The molecule has 1 atom stereocenters. The molecule has 0 saturated carbocycles. The van der Waals surface area contributed by atoms with Crippen molar-refractivity contribution < 1.29 is 14.3 Å². The van der Waals surface area contributed by atoms with Crippen LogP contribution in [-0.2, 0) is 0 Å². The zero-order valence-electron chi connectivity index (χ0n) is 11.2. The van der Waals surface area contributed by atoms with Gasteiger partial charge in [0.05, 0.1) is 19.1 Å². The SMILES string of the molecule is COc1ccc2c(c1)C(=O)CC(c1ccc(Br)cc1Cl)O2. The normalized spacial score (nSPS) is 17.1. The highest BCUT2D eigenvalue weighted by Gasteiger charge is 2.29. The number of rotatable bonds is 2. The molecule has 0 amide bonds. The number of benzene rings is 2. The Morgan fingerprint density at radius 3 is 2.81 bits per heavy atom. The van der Waals surface area contributed by atoms with E-state index in [0.29, 0.717) is 22.1 Å². The summed E-state index contributed by atoms with van der Waals surface area (Å²) in [6.45, 7) is 0. The molecule has 0 saturated heterocycles. The summed E-state index contributed by atoms with van der Waals surface area (Å²) in [7, 11) is 1.57. The van der Waals surface area contributed by atoms with E-state index in [2.05, 4.69) is 15.9 Å². The Kier molecular flexibility index (Phi) is 3.91. The lowest BCUT2D eigenvalue weighted by molar-refractivity contribution is 0.0849. The maximum Gasteiger partial charge on any atom is 0.170 e. The van der Waals surface area contributed by atoms with Gasteiger partial charge in [-0.25, -0.2) is 0 Å². The van der Waals surface area contributed by atoms with Gasteiger partial charge in [0.2, 0.25) is 0 Å². The van der Waals surface area contributed by atoms with E-state index in [-0.39, 0.29) is 18.3 Å². The highest BCUT2D eigenvalue weighted by atomic mass is 79.9. The van der Waals surface area contributed by atoms with E-state index in [9.17, 15) is 4.79 Å². The number of carbonyl (C=O) groups excluding carboxylic acids is 1. The first-order chi connectivity index (χ1) is 10.1. The molecule has 3 nitrogen and oxygen atoms in total. The van der Waals surface area contributed by atoms with E-state index < -0.39 is 0 Å². The molecule has 0 N–H and O–H groups in total. The third kappa shape index (κ3) is 2.78. The molecule has 0 spiro atoms. The van der Waals surface area contributed by atoms with Gasteiger partial charge in [0.15, 0.2) is 5.78 Å². The van der Waals surface area contributed by atoms with Crippen molar-refractivity contribution in [3.63, 3.8) is 0 Å². The monoisotopic (exact) mass is 366 g/mol. The summed E-state index contributed by atoms with van der Waals surface area (Å²) in [5.74, 6) is 1.24. The summed E-state index contributed by atoms with van der Waals surface area (Å²) in [4.78, 5) is 12.3. The predicted molar refractivity (Wildman–Crippen MR) is 84.5 cm³/mol. The number of halogens is 2. The van der Waals surface area contributed by atoms with Crippen LogP contribution in [0.2, 0.25) is 5.02 Å². The summed E-state index contributed by atoms with van der Waals surface area (Å²) in [6.07, 6.45) is -0.0966. The Balaban J connectivity index is 1.96. The Hall–Kier alpha value is -1.52. The number of hydrogen-bond donors (Lipinski definition) is 0. The van der Waals surface area contributed by atoms with E-state index in [4.69, 9.17) is 21.1 Å². The molecule has 1 aliphatic rings. The van der Waals surface area contributed by atoms with Crippen LogP contribution in [0.5, 0.6) is 11.5 Å². The van der Waals surface area contributed by atoms with E-state index in [1.807, 2.05) is 12.1 Å². The molecule has 5 heteroatoms. The highest BCUT2D eigenvalue weighted by Crippen LogP contribution is 2.39. The molecule has 108 valence electrons. The molecule has 0 radical (unpaired) electrons. The average Bonchev–Trinajstić information content (AvgIpc) is 2.47. The topological polar surface area (TPSA) is 35.5 Å². The van der Waals surface area contributed by atoms with Crippen LogP contribution in [0.15, 0.2) is 40.9 Å². The Morgan fingerprint density at radius 2 is 2.10 bits per heavy atom. The first-order valence-corrected chi connectivity index (χ1v) is 7.58. The van der Waals surface area contributed by atoms with Gasteiger partial charge in [-0.05, 0) is 30.3 Å². The number of ether oxygens (including phenoxy) is 2. The van der Waals surface area contributed by atoms with Crippen LogP contribution in [0.1, 0.15) is 28.4 Å². The molecule has 2 aromatic carbocycles. The van der Waals surface area contributed by atoms with Crippen LogP contribution >= 0.6 is 27.5 Å². The standard InChI is InChI=1S/C16H12BrClO3/c1-20-10-3-5-15-12(7-10)14(19)8-16(21-15)11-4-2-9(17)6-13(11)18/h2-7,16H,8H2,1H3. The van der Waals surface area contributed by atoms with Crippen molar-refractivity contribution in [3.05, 3.63) is 57.0 Å². The molecule has 0 aliphatic carbocycles. The number of hydrogen-bond acceptors (Lipinski definition) is 3. The van der Waals surface area contributed by atoms with Crippen LogP contribution in [0.3, 0.4) is 0 Å². The van der Waals surface area contributed by atoms with E-state index in [1.165, 1.54) is 0 Å². The zero-order chi connectivity index (χ0) is 15.0. The third-order valence-electron chi connectivity index (χ3n) is 3.44. The number of ketones is 1. The fraction of sp³-hybridized carbons (Fsp3) is 0.188. The number of fused-ring (bicyclic) bond motifs is 1. The second-order valence-electron chi connectivity index (χ2n) is 4.76. The second-order valence-corrected chi connectivity index (χ2v) is 6.08. The van der Waals surface area contributed by atoms with Crippen molar-refractivity contribution >= 4 is 33.3 Å². The average molecular weight is 368 g/mol. The van der Waals surface area contributed by atoms with Gasteiger partial charge in [0.1, 0.15) is 17.6 Å². The smallest absolute Gasteiger partial charge is 0.170 e. The molecule has 1 aliphatic heterocycles. The minimum absolute atomic E-state index is 0.0270. The lowest BCUT2D eigenvalue weighted by Gasteiger charge is -2.26. The first-order valence-electron chi connectivity index (χ1n) is 6.41. The van der Waals surface area contributed by atoms with Crippen LogP contribution in [0.25, 0.3) is 0 Å². The maximum atomic E-state index is 12.3. The quantitative estimate of drug-likeness (QED) is 0.763. The molecule has 2 aromatic rings. The molecule has 0 fully saturated rings. The minimum atomic E-state index is -0.362. The van der Waals surface area contributed by atoms with Gasteiger partial charge < -0.3 is 9.47 Å². The van der Waals surface area contributed by atoms with Gasteiger partial charge in [-0.1, -0.05) is 33.6 Å². The first kappa shape index (κ1) is 14.4. The molecule has 0 aromatic heterocycles. The van der Waals surface area contributed by atoms with Gasteiger partial charge in [0.25, 0.3) is 0 Å². The summed E-state index contributed by atoms with van der Waals surface area (Å²) >= 11 is 9.61. The zero-order valence-corrected chi connectivity index (χ0v) is 13.6. The van der Waals surface area contributed by atoms with Crippen molar-refractivity contribution in [2.45, 2.75) is 12.5 Å². The third-order valence-corrected chi connectivity index (χ3v) is 4.26. The molecule has 21 heavy (non-hydrogen) atoms. The molecular formula is C16H12BrClO3. The number of carbonyl (C=O) groups is 1. The molecule has 1 unspecified atom stereocenters. The van der Waals surface area contributed by atoms with Crippen LogP contribution in [0.4, 0.5) is 0 Å². The molecule has 3 rings (SSSR count). The van der Waals surface area contributed by atoms with E-state index in [0.717, 1.165) is 10.0 Å². The minimum Gasteiger partial charge on any atom is -0.497 e. The van der Waals surface area contributed by atoms with Crippen LogP contribution < -0.4 is 9.47 Å². The van der Waals surface area contributed by atoms with Crippen molar-refractivity contribution in [2.75, 3.05) is 7.11 Å². The number of Topliss-reactive ketones (excluding diaryl/α,β-unsaturated/α-hetero) is 1. The van der Waals surface area contributed by atoms with Gasteiger partial charge >= 0.3 is 0 Å². The predicted octanol–water partition coefficient (Wildman–Crippen LogP) is 4.82. The van der Waals surface area contributed by atoms with Gasteiger partial charge in [-0.15, -0.1) is 0 Å². The van der Waals surface area contributed by atoms with Gasteiger partial charge in [-0.3, -0.25) is 4.79 Å². The Labute approximate surface area is 136 Å². The lowest BCUT2D eigenvalue weighted by atomic mass is 9.96. The molecule has 1 heterocycles. The van der Waals surface area contributed by atoms with Crippen LogP contribution in [-0.4, -0.2) is 12.9 Å². The summed E-state index contributed by atoms with van der Waals surface area (Å²) in [5, 5.41) is 0.583. The maximum absolute atomic E-state index is 12.3. The highest BCUT2D eigenvalue weighted by molar-refractivity contribution is 9.10. The van der Waals surface area contributed by atoms with Crippen LogP contribution in [0, 0.1) is 0 Å². The number of methoxy groups -OCH3 is 1. The molecule has 0 bridgehead atoms. The molecular weight excluding hydrogens is 356 g/mol. The van der Waals surface area contributed by atoms with E-state index >= 15 is 0 Å². The van der Waals surface area contributed by atoms with Crippen molar-refractivity contribution in [2.24, 2.45) is 0 Å². The largest absolute Gasteiger partial charge is 0.497 e. The second kappa shape index (κ2) is 5.70. The Morgan fingerprint density at radius 1 is 1.29 bits per heavy atom. The van der Waals surface area contributed by atoms with Crippen molar-refractivity contribution in [3.8, 4) is 11.5 Å². The van der Waals surface area contributed by atoms with E-state index in [1.54, 1.807) is 31.4 Å². The van der Waals surface area contributed by atoms with Crippen molar-refractivity contribution in [1.82, 2.24) is 0 Å². The summed E-state index contributed by atoms with van der Waals surface area (Å²) in [6, 6.07) is 10.8. The van der Waals surface area contributed by atoms with Gasteiger partial charge in [-0.2, -0.15) is 0 Å². The van der Waals surface area contributed by atoms with Crippen molar-refractivity contribution in [1.29, 1.82) is 0 Å². The fourth-order valence-corrected chi connectivity index (χ4v) is 3.16. The lowest BCUT2D eigenvalue weighted by Crippen LogP contribution is -2.20. The van der Waals surface area contributed by atoms with Gasteiger partial charge in [0, 0.05) is 15.1 Å². The Bertz CT molecular complexity index is 715.